The summed E-state index contributed by atoms with van der Waals surface area (Å²) in [6, 6.07) is 0. The predicted molar refractivity (Wildman–Crippen MR) is 45.5 cm³/mol. The van der Waals surface area contributed by atoms with Gasteiger partial charge in [0.05, 0.1) is 19.5 Å². The molecule has 0 radical (unpaired) electrons. The smallest absolute Gasteiger partial charge is 0.343 e. The lowest BCUT2D eigenvalue weighted by atomic mass is 10.7. The lowest BCUT2D eigenvalue weighted by molar-refractivity contribution is -0.135. The molecule has 0 amide bonds. The van der Waals surface area contributed by atoms with Crippen LogP contribution >= 0.6 is 0 Å². The summed E-state index contributed by atoms with van der Waals surface area (Å²) >= 11 is 0. The zero-order valence-corrected chi connectivity index (χ0v) is 9.21. The molecule has 0 N–H and O–H groups in total. The van der Waals surface area contributed by atoms with E-state index in [4.69, 9.17) is 0 Å². The molecule has 0 aromatic carbocycles. The predicted octanol–water partition coefficient (Wildman–Crippen LogP) is -1.81. The molecule has 1 heterocycles. The molecule has 1 rings (SSSR count). The highest BCUT2D eigenvalue weighted by Gasteiger charge is 2.38. The molecule has 0 bridgehead atoms. The monoisotopic (exact) mass is 260 g/mol. The second-order valence-electron chi connectivity index (χ2n) is 2.62. The minimum Gasteiger partial charge on any atom is -0.343 e. The van der Waals surface area contributed by atoms with Crippen LogP contribution in [0.4, 0.5) is 0 Å². The van der Waals surface area contributed by atoms with E-state index in [0.717, 1.165) is 0 Å². The van der Waals surface area contributed by atoms with Gasteiger partial charge in [-0.2, -0.15) is 16.8 Å². The van der Waals surface area contributed by atoms with Gasteiger partial charge in [-0.3, -0.25) is 4.79 Å². The van der Waals surface area contributed by atoms with Gasteiger partial charge < -0.3 is 9.47 Å². The maximum absolute atomic E-state index is 11.1. The molecule has 1 saturated heterocycles. The minimum atomic E-state index is -4.88. The third-order valence-electron chi connectivity index (χ3n) is 1.27. The van der Waals surface area contributed by atoms with Gasteiger partial charge in [-0.15, -0.1) is 3.63 Å². The normalized spacial score (nSPS) is 19.3. The first-order valence-electron chi connectivity index (χ1n) is 3.65. The van der Waals surface area contributed by atoms with Gasteiger partial charge in [0.2, 0.25) is 6.29 Å². The van der Waals surface area contributed by atoms with Crippen molar-refractivity contribution in [3.8, 4) is 0 Å². The van der Waals surface area contributed by atoms with Crippen molar-refractivity contribution in [1.82, 2.24) is 0 Å². The summed E-state index contributed by atoms with van der Waals surface area (Å²) in [5.41, 5.74) is 0. The van der Waals surface area contributed by atoms with Crippen molar-refractivity contribution in [2.24, 2.45) is 0 Å². The molecule has 0 aromatic heterocycles. The summed E-state index contributed by atoms with van der Waals surface area (Å²) in [4.78, 5) is 11.1. The van der Waals surface area contributed by atoms with E-state index < -0.39 is 31.6 Å². The summed E-state index contributed by atoms with van der Waals surface area (Å²) in [6.45, 7) is 0.121. The Balaban J connectivity index is 2.82. The summed E-state index contributed by atoms with van der Waals surface area (Å²) in [6.07, 6.45) is -1.11. The maximum atomic E-state index is 11.1. The Morgan fingerprint density at radius 3 is 2.07 bits per heavy atom. The molecule has 1 aliphatic heterocycles. The van der Waals surface area contributed by atoms with Gasteiger partial charge in [-0.1, -0.05) is 0 Å². The molecule has 10 heteroatoms. The van der Waals surface area contributed by atoms with Crippen molar-refractivity contribution in [2.45, 2.75) is 6.29 Å². The fourth-order valence-corrected chi connectivity index (χ4v) is 2.75. The van der Waals surface area contributed by atoms with Gasteiger partial charge in [-0.05, 0) is 0 Å². The standard InChI is InChI=1S/C5H8O8S2/c1-14(7,8)13-15(9,10)4(6)5-11-2-3-12-5/h5H,2-3H2,1H3. The maximum Gasteiger partial charge on any atom is 0.351 e. The molecule has 0 aromatic rings. The SMILES string of the molecule is CS(=O)(=O)OS(=O)(=O)C(=O)C1OCCO1. The quantitative estimate of drug-likeness (QED) is 0.583. The molecular formula is C5H8O8S2. The Morgan fingerprint density at radius 2 is 1.67 bits per heavy atom. The average molecular weight is 260 g/mol. The Hall–Kier alpha value is -0.550. The number of carbonyl (C=O) groups excluding carboxylic acids is 1. The van der Waals surface area contributed by atoms with E-state index in [9.17, 15) is 21.6 Å². The number of ether oxygens (including phenoxy) is 2. The fourth-order valence-electron chi connectivity index (χ4n) is 0.809. The lowest BCUT2D eigenvalue weighted by Crippen LogP contribution is -2.31. The molecule has 1 aliphatic rings. The number of carbonyl (C=O) groups is 1. The molecule has 88 valence electrons. The Kier molecular flexibility index (Phi) is 3.45. The molecular weight excluding hydrogens is 252 g/mol. The second kappa shape index (κ2) is 4.14. The lowest BCUT2D eigenvalue weighted by Gasteiger charge is -2.06. The Morgan fingerprint density at radius 1 is 1.20 bits per heavy atom. The Bertz CT molecular complexity index is 439. The molecule has 15 heavy (non-hydrogen) atoms. The highest BCUT2D eigenvalue weighted by Crippen LogP contribution is 2.11. The highest BCUT2D eigenvalue weighted by atomic mass is 32.3. The van der Waals surface area contributed by atoms with E-state index in [-0.39, 0.29) is 13.2 Å². The van der Waals surface area contributed by atoms with Crippen LogP contribution in [0, 0.1) is 0 Å². The van der Waals surface area contributed by atoms with E-state index >= 15 is 0 Å². The van der Waals surface area contributed by atoms with Crippen LogP contribution in [0.1, 0.15) is 0 Å². The van der Waals surface area contributed by atoms with Crippen LogP contribution in [-0.2, 0) is 38.1 Å². The van der Waals surface area contributed by atoms with Crippen LogP contribution in [0.3, 0.4) is 0 Å². The molecule has 8 nitrogen and oxygen atoms in total. The minimum absolute atomic E-state index is 0.0603. The average Bonchev–Trinajstić information content (AvgIpc) is 2.49. The van der Waals surface area contributed by atoms with Crippen LogP contribution in [0.2, 0.25) is 0 Å². The largest absolute Gasteiger partial charge is 0.351 e. The molecule has 1 fully saturated rings. The Labute approximate surface area is 86.4 Å². The van der Waals surface area contributed by atoms with Crippen molar-refractivity contribution >= 4 is 25.4 Å². The van der Waals surface area contributed by atoms with Gasteiger partial charge in [0, 0.05) is 0 Å². The molecule has 0 spiro atoms. The zero-order chi connectivity index (χ0) is 11.7. The third kappa shape index (κ3) is 3.50. The summed E-state index contributed by atoms with van der Waals surface area (Å²) in [5.74, 6) is 0. The third-order valence-corrected chi connectivity index (χ3v) is 3.66. The summed E-state index contributed by atoms with van der Waals surface area (Å²) in [5, 5.41) is -1.56. The molecule has 0 aliphatic carbocycles. The van der Waals surface area contributed by atoms with Gasteiger partial charge >= 0.3 is 15.2 Å². The number of hydrogen-bond acceptors (Lipinski definition) is 8. The van der Waals surface area contributed by atoms with Gasteiger partial charge in [0.1, 0.15) is 0 Å². The van der Waals surface area contributed by atoms with Crippen LogP contribution in [0.25, 0.3) is 0 Å². The molecule has 0 atom stereocenters. The van der Waals surface area contributed by atoms with E-state index in [2.05, 4.69) is 13.1 Å². The van der Waals surface area contributed by atoms with Crippen molar-refractivity contribution in [1.29, 1.82) is 0 Å². The van der Waals surface area contributed by atoms with Gasteiger partial charge in [0.25, 0.3) is 10.1 Å². The zero-order valence-electron chi connectivity index (χ0n) is 7.57. The van der Waals surface area contributed by atoms with Crippen molar-refractivity contribution < 1.29 is 34.7 Å². The van der Waals surface area contributed by atoms with Crippen LogP contribution in [-0.4, -0.2) is 47.7 Å². The van der Waals surface area contributed by atoms with Crippen molar-refractivity contribution in [3.63, 3.8) is 0 Å². The van der Waals surface area contributed by atoms with Gasteiger partial charge in [0.15, 0.2) is 0 Å². The van der Waals surface area contributed by atoms with Crippen molar-refractivity contribution in [2.75, 3.05) is 19.5 Å². The van der Waals surface area contributed by atoms with E-state index in [0.29, 0.717) is 6.26 Å². The van der Waals surface area contributed by atoms with Crippen LogP contribution in [0.5, 0.6) is 0 Å². The van der Waals surface area contributed by atoms with Crippen LogP contribution < -0.4 is 0 Å². The van der Waals surface area contributed by atoms with E-state index in [1.807, 2.05) is 0 Å². The summed E-state index contributed by atoms with van der Waals surface area (Å²) in [7, 11) is -9.15. The molecule has 0 unspecified atom stereocenters. The van der Waals surface area contributed by atoms with E-state index in [1.54, 1.807) is 0 Å². The number of hydrogen-bond donors (Lipinski definition) is 0. The number of rotatable bonds is 3. The fraction of sp³-hybridized carbons (Fsp3) is 0.800. The molecule has 0 saturated carbocycles. The first-order chi connectivity index (χ1) is 6.72. The second-order valence-corrected chi connectivity index (χ2v) is 5.88. The van der Waals surface area contributed by atoms with Crippen molar-refractivity contribution in [3.05, 3.63) is 0 Å². The summed E-state index contributed by atoms with van der Waals surface area (Å²) < 4.78 is 55.9. The first-order valence-corrected chi connectivity index (χ1v) is 6.88. The van der Waals surface area contributed by atoms with Gasteiger partial charge in [-0.25, -0.2) is 0 Å². The van der Waals surface area contributed by atoms with Crippen LogP contribution in [0.15, 0.2) is 0 Å². The topological polar surface area (TPSA) is 113 Å². The first kappa shape index (κ1) is 12.5. The van der Waals surface area contributed by atoms with E-state index in [1.165, 1.54) is 0 Å². The highest BCUT2D eigenvalue weighted by molar-refractivity contribution is 8.08.